The van der Waals surface area contributed by atoms with Gasteiger partial charge < -0.3 is 0 Å². The van der Waals surface area contributed by atoms with E-state index in [1.54, 1.807) is 12.1 Å². The molecule has 0 aliphatic rings. The summed E-state index contributed by atoms with van der Waals surface area (Å²) in [7, 11) is -4.43. The van der Waals surface area contributed by atoms with Crippen LogP contribution >= 0.6 is 11.6 Å². The van der Waals surface area contributed by atoms with Crippen LogP contribution in [0, 0.1) is 10.1 Å². The molecule has 28 heavy (non-hydrogen) atoms. The SMILES string of the molecule is C[C@H](NS(=O)(=O)c1ccc(Cl)cc1[N+](=O)[O-])c1nc2ccccc2n1C(F)F. The number of nitro benzene ring substituents is 1. The molecule has 8 nitrogen and oxygen atoms in total. The van der Waals surface area contributed by atoms with Crippen LogP contribution in [0.2, 0.25) is 5.02 Å². The summed E-state index contributed by atoms with van der Waals surface area (Å²) in [6.07, 6.45) is 0. The van der Waals surface area contributed by atoms with Gasteiger partial charge in [0.1, 0.15) is 5.82 Å². The fourth-order valence-corrected chi connectivity index (χ4v) is 4.30. The van der Waals surface area contributed by atoms with Gasteiger partial charge in [0.15, 0.2) is 4.90 Å². The van der Waals surface area contributed by atoms with Crippen LogP contribution < -0.4 is 4.72 Å². The molecule has 0 saturated heterocycles. The van der Waals surface area contributed by atoms with Crippen LogP contribution in [-0.2, 0) is 10.0 Å². The summed E-state index contributed by atoms with van der Waals surface area (Å²) < 4.78 is 55.2. The van der Waals surface area contributed by atoms with Gasteiger partial charge in [-0.2, -0.15) is 8.78 Å². The third-order valence-electron chi connectivity index (χ3n) is 3.94. The highest BCUT2D eigenvalue weighted by Crippen LogP contribution is 2.30. The average Bonchev–Trinajstić information content (AvgIpc) is 3.01. The summed E-state index contributed by atoms with van der Waals surface area (Å²) >= 11 is 5.70. The number of fused-ring (bicyclic) bond motifs is 1. The maximum Gasteiger partial charge on any atom is 0.320 e. The van der Waals surface area contributed by atoms with E-state index >= 15 is 0 Å². The topological polar surface area (TPSA) is 107 Å². The summed E-state index contributed by atoms with van der Waals surface area (Å²) in [6, 6.07) is 7.98. The summed E-state index contributed by atoms with van der Waals surface area (Å²) in [5.41, 5.74) is -0.327. The Labute approximate surface area is 163 Å². The molecule has 0 unspecified atom stereocenters. The molecule has 1 atom stereocenters. The number of aromatic nitrogens is 2. The van der Waals surface area contributed by atoms with Crippen LogP contribution in [0.3, 0.4) is 0 Å². The fraction of sp³-hybridized carbons (Fsp3) is 0.188. The lowest BCUT2D eigenvalue weighted by Gasteiger charge is -2.16. The number of rotatable bonds is 6. The Morgan fingerprint density at radius 3 is 2.57 bits per heavy atom. The largest absolute Gasteiger partial charge is 0.320 e. The Morgan fingerprint density at radius 2 is 1.93 bits per heavy atom. The van der Waals surface area contributed by atoms with E-state index in [1.807, 2.05) is 0 Å². The van der Waals surface area contributed by atoms with E-state index in [0.717, 1.165) is 12.1 Å². The minimum Gasteiger partial charge on any atom is -0.269 e. The molecule has 1 heterocycles. The number of nitrogens with zero attached hydrogens (tertiary/aromatic N) is 3. The molecular weight excluding hydrogens is 418 g/mol. The van der Waals surface area contributed by atoms with Crippen LogP contribution in [-0.4, -0.2) is 22.9 Å². The van der Waals surface area contributed by atoms with Gasteiger partial charge in [-0.25, -0.2) is 18.1 Å². The van der Waals surface area contributed by atoms with E-state index in [1.165, 1.54) is 25.1 Å². The van der Waals surface area contributed by atoms with Crippen LogP contribution in [0.25, 0.3) is 11.0 Å². The van der Waals surface area contributed by atoms with E-state index in [4.69, 9.17) is 11.6 Å². The van der Waals surface area contributed by atoms with E-state index < -0.39 is 38.1 Å². The van der Waals surface area contributed by atoms with E-state index in [-0.39, 0.29) is 21.9 Å². The first-order valence-electron chi connectivity index (χ1n) is 7.83. The Bertz CT molecular complexity index is 1170. The fourth-order valence-electron chi connectivity index (χ4n) is 2.78. The maximum absolute atomic E-state index is 13.6. The van der Waals surface area contributed by atoms with Crippen LogP contribution in [0.15, 0.2) is 47.4 Å². The number of imidazole rings is 1. The minimum absolute atomic E-state index is 0.0156. The van der Waals surface area contributed by atoms with Crippen molar-refractivity contribution in [1.82, 2.24) is 14.3 Å². The van der Waals surface area contributed by atoms with Crippen molar-refractivity contribution in [3.8, 4) is 0 Å². The molecule has 0 aliphatic carbocycles. The molecule has 0 amide bonds. The van der Waals surface area contributed by atoms with Crippen molar-refractivity contribution in [2.45, 2.75) is 24.4 Å². The first-order chi connectivity index (χ1) is 13.1. The second-order valence-electron chi connectivity index (χ2n) is 5.82. The Morgan fingerprint density at radius 1 is 1.25 bits per heavy atom. The highest BCUT2D eigenvalue weighted by atomic mass is 35.5. The van der Waals surface area contributed by atoms with E-state index in [2.05, 4.69) is 9.71 Å². The number of sulfonamides is 1. The average molecular weight is 431 g/mol. The van der Waals surface area contributed by atoms with Crippen molar-refractivity contribution in [3.05, 3.63) is 63.4 Å². The smallest absolute Gasteiger partial charge is 0.269 e. The van der Waals surface area contributed by atoms with Crippen LogP contribution in [0.5, 0.6) is 0 Å². The van der Waals surface area contributed by atoms with Gasteiger partial charge in [-0.15, -0.1) is 0 Å². The lowest BCUT2D eigenvalue weighted by atomic mass is 10.3. The Hall–Kier alpha value is -2.63. The monoisotopic (exact) mass is 430 g/mol. The van der Waals surface area contributed by atoms with Crippen molar-refractivity contribution in [2.75, 3.05) is 0 Å². The van der Waals surface area contributed by atoms with Crippen molar-refractivity contribution >= 4 is 38.3 Å². The number of hydrogen-bond acceptors (Lipinski definition) is 5. The number of nitrogens with one attached hydrogen (secondary N) is 1. The van der Waals surface area contributed by atoms with Crippen molar-refractivity contribution in [3.63, 3.8) is 0 Å². The van der Waals surface area contributed by atoms with Crippen molar-refractivity contribution in [2.24, 2.45) is 0 Å². The van der Waals surface area contributed by atoms with Crippen molar-refractivity contribution in [1.29, 1.82) is 0 Å². The van der Waals surface area contributed by atoms with Crippen molar-refractivity contribution < 1.29 is 22.1 Å². The summed E-state index contributed by atoms with van der Waals surface area (Å²) in [5, 5.41) is 11.2. The van der Waals surface area contributed by atoms with Gasteiger partial charge in [0.25, 0.3) is 5.69 Å². The summed E-state index contributed by atoms with van der Waals surface area (Å²) in [5.74, 6) is -0.226. The molecule has 3 aromatic rings. The highest BCUT2D eigenvalue weighted by molar-refractivity contribution is 7.89. The van der Waals surface area contributed by atoms with Gasteiger partial charge in [0, 0.05) is 11.1 Å². The van der Waals surface area contributed by atoms with Crippen LogP contribution in [0.1, 0.15) is 25.3 Å². The zero-order valence-electron chi connectivity index (χ0n) is 14.2. The lowest BCUT2D eigenvalue weighted by molar-refractivity contribution is -0.387. The predicted octanol–water partition coefficient (Wildman–Crippen LogP) is 4.03. The number of alkyl halides is 2. The quantitative estimate of drug-likeness (QED) is 0.469. The Kier molecular flexibility index (Phi) is 5.33. The summed E-state index contributed by atoms with van der Waals surface area (Å²) in [4.78, 5) is 13.7. The molecule has 0 saturated carbocycles. The number of para-hydroxylation sites is 2. The molecule has 0 fully saturated rings. The molecule has 0 radical (unpaired) electrons. The lowest BCUT2D eigenvalue weighted by Crippen LogP contribution is -2.29. The first kappa shape index (κ1) is 20.1. The molecule has 0 bridgehead atoms. The van der Waals surface area contributed by atoms with Gasteiger partial charge >= 0.3 is 6.55 Å². The number of nitro groups is 1. The maximum atomic E-state index is 13.6. The Balaban J connectivity index is 2.04. The second kappa shape index (κ2) is 7.41. The normalized spacial score (nSPS) is 13.2. The van der Waals surface area contributed by atoms with Gasteiger partial charge in [-0.3, -0.25) is 14.7 Å². The zero-order valence-corrected chi connectivity index (χ0v) is 15.8. The van der Waals surface area contributed by atoms with Gasteiger partial charge in [-0.05, 0) is 31.2 Å². The second-order valence-corrected chi connectivity index (χ2v) is 7.94. The molecule has 1 N–H and O–H groups in total. The highest BCUT2D eigenvalue weighted by Gasteiger charge is 2.30. The van der Waals surface area contributed by atoms with Gasteiger partial charge in [0.05, 0.1) is 22.0 Å². The number of hydrogen-bond donors (Lipinski definition) is 1. The number of halogens is 3. The first-order valence-corrected chi connectivity index (χ1v) is 9.69. The van der Waals surface area contributed by atoms with Crippen LogP contribution in [0.4, 0.5) is 14.5 Å². The van der Waals surface area contributed by atoms with E-state index in [9.17, 15) is 27.3 Å². The molecule has 2 aromatic carbocycles. The molecular formula is C16H13ClF2N4O4S. The molecule has 3 rings (SSSR count). The standard InChI is InChI=1S/C16H13ClF2N4O4S/c1-9(15-20-11-4-2-3-5-12(11)22(15)16(18)19)21-28(26,27)14-7-6-10(17)8-13(14)23(24)25/h2-9,16,21H,1H3/t9-/m0/s1. The van der Waals surface area contributed by atoms with Gasteiger partial charge in [0.2, 0.25) is 10.0 Å². The molecule has 12 heteroatoms. The molecule has 148 valence electrons. The molecule has 1 aromatic heterocycles. The predicted molar refractivity (Wildman–Crippen MR) is 97.8 cm³/mol. The summed E-state index contributed by atoms with van der Waals surface area (Å²) in [6.45, 7) is -1.64. The van der Waals surface area contributed by atoms with E-state index in [0.29, 0.717) is 4.57 Å². The molecule has 0 spiro atoms. The third-order valence-corrected chi connectivity index (χ3v) is 5.77. The zero-order chi connectivity index (χ0) is 20.6. The minimum atomic E-state index is -4.43. The third kappa shape index (κ3) is 3.68. The number of benzene rings is 2. The molecule has 0 aliphatic heterocycles. The van der Waals surface area contributed by atoms with Gasteiger partial charge in [-0.1, -0.05) is 23.7 Å².